The molecule has 116 valence electrons. The van der Waals surface area contributed by atoms with Crippen LogP contribution in [0.4, 0.5) is 0 Å². The minimum Gasteiger partial charge on any atom is -0.322 e. The second-order valence-corrected chi connectivity index (χ2v) is 18.5. The van der Waals surface area contributed by atoms with Crippen LogP contribution in [0.5, 0.6) is 0 Å². The van der Waals surface area contributed by atoms with E-state index >= 15 is 0 Å². The van der Waals surface area contributed by atoms with Crippen LogP contribution in [0.15, 0.2) is 4.41 Å². The normalized spacial score (nSPS) is 13.7. The summed E-state index contributed by atoms with van der Waals surface area (Å²) in [5.74, 6) is 0. The number of hydrogen-bond donors (Lipinski definition) is 0. The van der Waals surface area contributed by atoms with E-state index in [9.17, 15) is 0 Å². The van der Waals surface area contributed by atoms with Crippen molar-refractivity contribution in [2.24, 2.45) is 4.41 Å². The lowest BCUT2D eigenvalue weighted by atomic mass is 10.5. The van der Waals surface area contributed by atoms with Crippen molar-refractivity contribution in [2.45, 2.75) is 72.5 Å². The van der Waals surface area contributed by atoms with Gasteiger partial charge in [0, 0.05) is 0 Å². The Labute approximate surface area is 122 Å². The molecule has 0 aliphatic carbocycles. The zero-order valence-electron chi connectivity index (χ0n) is 14.2. The maximum absolute atomic E-state index is 6.22. The van der Waals surface area contributed by atoms with Gasteiger partial charge in [0.15, 0.2) is 8.24 Å². The van der Waals surface area contributed by atoms with Crippen molar-refractivity contribution in [1.82, 2.24) is 0 Å². The average molecular weight is 325 g/mol. The van der Waals surface area contributed by atoms with Crippen LogP contribution in [0, 0.1) is 0 Å². The highest BCUT2D eigenvalue weighted by Crippen LogP contribution is 2.82. The fourth-order valence-electron chi connectivity index (χ4n) is 2.18. The fourth-order valence-corrected chi connectivity index (χ4v) is 17.8. The first-order chi connectivity index (χ1) is 8.59. The van der Waals surface area contributed by atoms with E-state index in [0.29, 0.717) is 24.5 Å². The van der Waals surface area contributed by atoms with Crippen molar-refractivity contribution in [3.8, 4) is 0 Å². The largest absolute Gasteiger partial charge is 0.322 e. The molecule has 0 aromatic carbocycles. The van der Waals surface area contributed by atoms with E-state index < -0.39 is 15.4 Å². The van der Waals surface area contributed by atoms with Gasteiger partial charge in [0.25, 0.3) is 0 Å². The molecule has 6 heteroatoms. The molecule has 0 saturated heterocycles. The molecule has 0 unspecified atom stereocenters. The number of rotatable bonds is 8. The molecule has 0 heterocycles. The third kappa shape index (κ3) is 6.40. The van der Waals surface area contributed by atoms with Gasteiger partial charge < -0.3 is 9.05 Å². The minimum absolute atomic E-state index is 0.368. The maximum atomic E-state index is 6.22. The van der Waals surface area contributed by atoms with Crippen LogP contribution >= 0.6 is 14.8 Å². The Bertz CT molecular complexity index is 296. The van der Waals surface area contributed by atoms with E-state index in [0.717, 1.165) is 0 Å². The molecule has 0 saturated carbocycles. The van der Waals surface area contributed by atoms with E-state index in [1.807, 2.05) is 0 Å². The average Bonchev–Trinajstić information content (AvgIpc) is 2.13. The maximum Gasteiger partial charge on any atom is 0.224 e. The van der Waals surface area contributed by atoms with Crippen molar-refractivity contribution in [3.63, 3.8) is 0 Å². The van der Waals surface area contributed by atoms with E-state index in [1.54, 1.807) is 0 Å². The van der Waals surface area contributed by atoms with Gasteiger partial charge in [-0.15, -0.1) is 0 Å². The molecule has 0 N–H and O–H groups in total. The SMILES string of the molecule is CCOP(=N[Si](C)(C)C)(OCC)P(C(C)C)C(C)C. The zero-order valence-corrected chi connectivity index (χ0v) is 17.0. The monoisotopic (exact) mass is 325 g/mol. The zero-order chi connectivity index (χ0) is 15.3. The molecule has 0 aliphatic heterocycles. The quantitative estimate of drug-likeness (QED) is 0.396. The van der Waals surface area contributed by atoms with E-state index in [-0.39, 0.29) is 7.61 Å². The van der Waals surface area contributed by atoms with Crippen LogP contribution in [0.25, 0.3) is 0 Å². The van der Waals surface area contributed by atoms with E-state index in [4.69, 9.17) is 13.5 Å². The summed E-state index contributed by atoms with van der Waals surface area (Å²) in [6, 6.07) is 0. The minimum atomic E-state index is -2.09. The van der Waals surface area contributed by atoms with Gasteiger partial charge in [0.2, 0.25) is 7.20 Å². The highest BCUT2D eigenvalue weighted by molar-refractivity contribution is 8.30. The van der Waals surface area contributed by atoms with Crippen LogP contribution in [-0.2, 0) is 9.05 Å². The molecule has 0 bridgehead atoms. The highest BCUT2D eigenvalue weighted by Gasteiger charge is 2.38. The molecule has 0 atom stereocenters. The van der Waals surface area contributed by atoms with Gasteiger partial charge in [-0.3, -0.25) is 4.41 Å². The Morgan fingerprint density at radius 2 is 1.32 bits per heavy atom. The summed E-state index contributed by atoms with van der Waals surface area (Å²) in [5, 5.41) is 0. The van der Waals surface area contributed by atoms with Gasteiger partial charge in [-0.2, -0.15) is 0 Å². The third-order valence-electron chi connectivity index (χ3n) is 2.37. The highest BCUT2D eigenvalue weighted by atomic mass is 32.1. The molecule has 0 aromatic heterocycles. The smallest absolute Gasteiger partial charge is 0.224 e. The molecule has 0 aromatic rings. The molecule has 0 rings (SSSR count). The Hall–Kier alpha value is 0.797. The number of hydrogen-bond acceptors (Lipinski definition) is 3. The molecular weight excluding hydrogens is 292 g/mol. The standard InChI is InChI=1S/C13H33NO2P2Si/c1-10-15-18(16-11-2,14-19(7,8)9)17(12(3)4)13(5)6/h12-13H,10-11H2,1-9H3. The van der Waals surface area contributed by atoms with Crippen molar-refractivity contribution >= 4 is 23.0 Å². The molecule has 0 amide bonds. The predicted molar refractivity (Wildman–Crippen MR) is 93.1 cm³/mol. The van der Waals surface area contributed by atoms with Gasteiger partial charge in [-0.25, -0.2) is 0 Å². The van der Waals surface area contributed by atoms with E-state index in [1.165, 1.54) is 0 Å². The lowest BCUT2D eigenvalue weighted by Crippen LogP contribution is -2.18. The molecule has 0 aliphatic rings. The summed E-state index contributed by atoms with van der Waals surface area (Å²) in [6.45, 7) is 21.5. The van der Waals surface area contributed by atoms with Crippen LogP contribution in [0.1, 0.15) is 41.5 Å². The predicted octanol–water partition coefficient (Wildman–Crippen LogP) is 6.14. The molecule has 3 nitrogen and oxygen atoms in total. The Morgan fingerprint density at radius 1 is 0.947 bits per heavy atom. The summed E-state index contributed by atoms with van der Waals surface area (Å²) < 4.78 is 17.6. The fraction of sp³-hybridized carbons (Fsp3) is 1.00. The van der Waals surface area contributed by atoms with E-state index in [2.05, 4.69) is 61.2 Å². The first-order valence-corrected chi connectivity index (χ1v) is 14.5. The molecule has 19 heavy (non-hydrogen) atoms. The Morgan fingerprint density at radius 3 is 1.53 bits per heavy atom. The van der Waals surface area contributed by atoms with Crippen LogP contribution < -0.4 is 0 Å². The van der Waals surface area contributed by atoms with Crippen molar-refractivity contribution in [3.05, 3.63) is 0 Å². The molecular formula is C13H33NO2P2Si. The second-order valence-electron chi connectivity index (χ2n) is 6.16. The first-order valence-electron chi connectivity index (χ1n) is 7.31. The molecule has 0 radical (unpaired) electrons. The Balaban J connectivity index is 5.88. The van der Waals surface area contributed by atoms with Crippen molar-refractivity contribution in [2.75, 3.05) is 13.2 Å². The third-order valence-corrected chi connectivity index (χ3v) is 15.7. The second kappa shape index (κ2) is 8.29. The lowest BCUT2D eigenvalue weighted by Gasteiger charge is -2.38. The first kappa shape index (κ1) is 19.8. The van der Waals surface area contributed by atoms with Gasteiger partial charge in [-0.1, -0.05) is 27.7 Å². The van der Waals surface area contributed by atoms with Crippen LogP contribution in [0.2, 0.25) is 19.6 Å². The van der Waals surface area contributed by atoms with Gasteiger partial charge in [-0.05, 0) is 52.4 Å². The van der Waals surface area contributed by atoms with Gasteiger partial charge in [0.1, 0.15) is 0 Å². The number of nitrogens with zero attached hydrogens (tertiary/aromatic N) is 1. The van der Waals surface area contributed by atoms with Crippen molar-refractivity contribution < 1.29 is 9.05 Å². The summed E-state index contributed by atoms with van der Waals surface area (Å²) in [5.41, 5.74) is 1.17. The summed E-state index contributed by atoms with van der Waals surface area (Å²) in [6.07, 6.45) is 0. The molecule has 0 spiro atoms. The lowest BCUT2D eigenvalue weighted by molar-refractivity contribution is 0.272. The summed E-state index contributed by atoms with van der Waals surface area (Å²) in [7, 11) is -4.04. The summed E-state index contributed by atoms with van der Waals surface area (Å²) >= 11 is 0. The Kier molecular flexibility index (Phi) is 8.64. The van der Waals surface area contributed by atoms with Crippen LogP contribution in [0.3, 0.4) is 0 Å². The van der Waals surface area contributed by atoms with Crippen molar-refractivity contribution in [1.29, 1.82) is 0 Å². The molecule has 0 fully saturated rings. The van der Waals surface area contributed by atoms with Gasteiger partial charge >= 0.3 is 0 Å². The summed E-state index contributed by atoms with van der Waals surface area (Å²) in [4.78, 5) is 0. The van der Waals surface area contributed by atoms with Gasteiger partial charge in [0.05, 0.1) is 13.2 Å². The topological polar surface area (TPSA) is 30.8 Å². The van der Waals surface area contributed by atoms with Crippen LogP contribution in [-0.4, -0.2) is 32.8 Å².